The van der Waals surface area contributed by atoms with Crippen LogP contribution in [0.1, 0.15) is 19.8 Å². The molecule has 0 saturated heterocycles. The summed E-state index contributed by atoms with van der Waals surface area (Å²) < 4.78 is 1.56. The first-order valence-corrected chi connectivity index (χ1v) is 8.57. The zero-order chi connectivity index (χ0) is 5.70. The summed E-state index contributed by atoms with van der Waals surface area (Å²) in [6.45, 7) is 2.26. The van der Waals surface area contributed by atoms with Crippen molar-refractivity contribution in [3.8, 4) is 0 Å². The van der Waals surface area contributed by atoms with E-state index in [4.69, 9.17) is 0 Å². The Morgan fingerprint density at radius 2 is 1.86 bits per heavy atom. The summed E-state index contributed by atoms with van der Waals surface area (Å²) in [6, 6.07) is 0. The first-order valence-electron chi connectivity index (χ1n) is 2.73. The Hall–Kier alpha value is 0.730. The average Bonchev–Trinajstić information content (AvgIpc) is 1.61. The van der Waals surface area contributed by atoms with E-state index in [9.17, 15) is 0 Å². The molecular formula is C6H15I. The first kappa shape index (κ1) is 7.73. The van der Waals surface area contributed by atoms with Crippen LogP contribution >= 0.6 is 19.8 Å². The van der Waals surface area contributed by atoms with Gasteiger partial charge in [0.15, 0.2) is 0 Å². The molecule has 0 aliphatic heterocycles. The van der Waals surface area contributed by atoms with Crippen molar-refractivity contribution in [2.45, 2.75) is 19.8 Å². The maximum absolute atomic E-state index is 2.43. The Morgan fingerprint density at radius 3 is 2.00 bits per heavy atom. The molecule has 0 aliphatic carbocycles. The predicted molar refractivity (Wildman–Crippen MR) is 45.6 cm³/mol. The summed E-state index contributed by atoms with van der Waals surface area (Å²) in [6.07, 6.45) is 2.85. The minimum absolute atomic E-state index is 0.328. The van der Waals surface area contributed by atoms with Crippen LogP contribution in [0, 0.1) is 0 Å². The Morgan fingerprint density at radius 1 is 1.29 bits per heavy atom. The second-order valence-corrected chi connectivity index (χ2v) is 8.24. The summed E-state index contributed by atoms with van der Waals surface area (Å²) in [5.74, 6) is 0. The zero-order valence-electron chi connectivity index (χ0n) is 5.50. The fourth-order valence-corrected chi connectivity index (χ4v) is 2.69. The maximum atomic E-state index is 2.43. The van der Waals surface area contributed by atoms with E-state index in [0.29, 0.717) is 0 Å². The summed E-state index contributed by atoms with van der Waals surface area (Å²) >= 11 is -0.328. The van der Waals surface area contributed by atoms with E-state index >= 15 is 0 Å². The predicted octanol–water partition coefficient (Wildman–Crippen LogP) is 2.55. The molecule has 0 fully saturated rings. The second-order valence-electron chi connectivity index (χ2n) is 1.96. The van der Waals surface area contributed by atoms with Crippen LogP contribution in [0.25, 0.3) is 0 Å². The van der Waals surface area contributed by atoms with Gasteiger partial charge in [-0.3, -0.25) is 0 Å². The summed E-state index contributed by atoms with van der Waals surface area (Å²) in [5, 5.41) is 0. The molecule has 0 heterocycles. The van der Waals surface area contributed by atoms with E-state index < -0.39 is 0 Å². The van der Waals surface area contributed by atoms with Gasteiger partial charge in [-0.2, -0.15) is 0 Å². The van der Waals surface area contributed by atoms with E-state index in [1.807, 2.05) is 0 Å². The van der Waals surface area contributed by atoms with Crippen LogP contribution in [0.5, 0.6) is 0 Å². The van der Waals surface area contributed by atoms with Crippen molar-refractivity contribution in [2.75, 3.05) is 14.3 Å². The molecule has 1 heteroatoms. The summed E-state index contributed by atoms with van der Waals surface area (Å²) in [7, 11) is 0. The number of halogens is 1. The molecule has 0 bridgehead atoms. The van der Waals surface area contributed by atoms with Gasteiger partial charge in [0, 0.05) is 0 Å². The van der Waals surface area contributed by atoms with Gasteiger partial charge in [-0.05, 0) is 0 Å². The number of alkyl halides is 3. The number of hydrogen-bond acceptors (Lipinski definition) is 0. The van der Waals surface area contributed by atoms with Crippen LogP contribution in [0.4, 0.5) is 0 Å². The van der Waals surface area contributed by atoms with Gasteiger partial charge in [0.05, 0.1) is 0 Å². The van der Waals surface area contributed by atoms with Gasteiger partial charge in [-0.25, -0.2) is 0 Å². The zero-order valence-corrected chi connectivity index (χ0v) is 7.66. The summed E-state index contributed by atoms with van der Waals surface area (Å²) in [5.41, 5.74) is 0. The van der Waals surface area contributed by atoms with E-state index in [-0.39, 0.29) is 19.8 Å². The molecule has 0 aromatic heterocycles. The molecule has 0 rings (SSSR count). The van der Waals surface area contributed by atoms with Crippen molar-refractivity contribution in [3.05, 3.63) is 0 Å². The van der Waals surface area contributed by atoms with Crippen LogP contribution in [0.15, 0.2) is 0 Å². The Kier molecular flexibility index (Phi) is 5.39. The molecule has 0 unspecified atom stereocenters. The number of rotatable bonds is 3. The first-order chi connectivity index (χ1) is 3.27. The van der Waals surface area contributed by atoms with E-state index in [2.05, 4.69) is 16.8 Å². The third kappa shape index (κ3) is 6.73. The third-order valence-corrected chi connectivity index (χ3v) is 3.79. The fourth-order valence-electron chi connectivity index (χ4n) is 0.401. The molecule has 0 aromatic carbocycles. The molecule has 46 valence electrons. The molecule has 7 heavy (non-hydrogen) atoms. The van der Waals surface area contributed by atoms with E-state index in [1.54, 1.807) is 4.43 Å². The van der Waals surface area contributed by atoms with Crippen LogP contribution in [-0.4, -0.2) is 14.3 Å². The Balaban J connectivity index is 2.68. The Labute approximate surface area is 54.1 Å². The molecule has 0 saturated carbocycles. The fraction of sp³-hybridized carbons (Fsp3) is 1.00. The molecule has 0 aromatic rings. The van der Waals surface area contributed by atoms with Gasteiger partial charge in [0.25, 0.3) is 0 Å². The van der Waals surface area contributed by atoms with Crippen LogP contribution in [-0.2, 0) is 0 Å². The van der Waals surface area contributed by atoms with Gasteiger partial charge in [0.2, 0.25) is 0 Å². The van der Waals surface area contributed by atoms with Crippen LogP contribution in [0.3, 0.4) is 0 Å². The molecule has 0 amide bonds. The van der Waals surface area contributed by atoms with E-state index in [1.165, 1.54) is 12.8 Å². The van der Waals surface area contributed by atoms with Crippen LogP contribution in [0.2, 0.25) is 0 Å². The summed E-state index contributed by atoms with van der Waals surface area (Å²) in [4.78, 5) is 4.86. The monoisotopic (exact) mass is 214 g/mol. The second kappa shape index (κ2) is 4.88. The molecule has 0 radical (unpaired) electrons. The number of hydrogen-bond donors (Lipinski definition) is 0. The third-order valence-electron chi connectivity index (χ3n) is 0.865. The van der Waals surface area contributed by atoms with Gasteiger partial charge >= 0.3 is 53.9 Å². The molecular weight excluding hydrogens is 199 g/mol. The van der Waals surface area contributed by atoms with Crippen molar-refractivity contribution in [1.82, 2.24) is 0 Å². The van der Waals surface area contributed by atoms with Gasteiger partial charge < -0.3 is 0 Å². The molecule has 0 spiro atoms. The van der Waals surface area contributed by atoms with E-state index in [0.717, 1.165) is 0 Å². The van der Waals surface area contributed by atoms with Crippen molar-refractivity contribution >= 4 is 19.8 Å². The van der Waals surface area contributed by atoms with Crippen molar-refractivity contribution < 1.29 is 0 Å². The molecule has 0 aliphatic rings. The molecule has 0 atom stereocenters. The van der Waals surface area contributed by atoms with Gasteiger partial charge in [-0.15, -0.1) is 0 Å². The standard InChI is InChI=1S/C6H15I/c1-4-5-6-7(2)3/h4-6H2,1-3H3. The topological polar surface area (TPSA) is 0 Å². The average molecular weight is 214 g/mol. The van der Waals surface area contributed by atoms with Crippen LogP contribution < -0.4 is 0 Å². The van der Waals surface area contributed by atoms with Crippen molar-refractivity contribution in [3.63, 3.8) is 0 Å². The quantitative estimate of drug-likeness (QED) is 0.500. The molecule has 0 nitrogen and oxygen atoms in total. The van der Waals surface area contributed by atoms with Gasteiger partial charge in [0.1, 0.15) is 0 Å². The normalized spacial score (nSPS) is 11.6. The molecule has 0 N–H and O–H groups in total. The SMILES string of the molecule is CCCCI(C)C. The minimum atomic E-state index is -0.328. The van der Waals surface area contributed by atoms with Crippen molar-refractivity contribution in [1.29, 1.82) is 0 Å². The Bertz CT molecular complexity index is 33.2. The van der Waals surface area contributed by atoms with Gasteiger partial charge in [-0.1, -0.05) is 0 Å². The van der Waals surface area contributed by atoms with Crippen molar-refractivity contribution in [2.24, 2.45) is 0 Å². The number of unbranched alkanes of at least 4 members (excludes halogenated alkanes) is 1.